The first kappa shape index (κ1) is 20.7. The third kappa shape index (κ3) is 4.63. The Bertz CT molecular complexity index is 1280. The largest absolute Gasteiger partial charge is 0.378 e. The first-order valence-electron chi connectivity index (χ1n) is 9.85. The van der Waals surface area contributed by atoms with Crippen molar-refractivity contribution in [1.29, 1.82) is 5.26 Å². The summed E-state index contributed by atoms with van der Waals surface area (Å²) in [6.45, 7) is 1.98. The highest BCUT2D eigenvalue weighted by Crippen LogP contribution is 2.06. The van der Waals surface area contributed by atoms with Crippen molar-refractivity contribution in [3.05, 3.63) is 85.5 Å². The molecule has 2 aromatic heterocycles. The molecule has 8 heteroatoms. The maximum Gasteiger partial charge on any atom is 0.269 e. The number of benzene rings is 1. The van der Waals surface area contributed by atoms with E-state index in [4.69, 9.17) is 4.74 Å². The van der Waals surface area contributed by atoms with Gasteiger partial charge in [0.05, 0.1) is 30.0 Å². The standard InChI is InChI=1S/C23H20N4O3S/c24-15-19(21(28)26-10-12-30-13-11-26)23-27(16-17-6-2-1-3-7-17)22(29)20(31-23)14-18-8-4-5-9-25-18/h1-9,14H,10-13,16H2. The average molecular weight is 433 g/mol. The van der Waals surface area contributed by atoms with Crippen LogP contribution in [0.2, 0.25) is 0 Å². The van der Waals surface area contributed by atoms with Gasteiger partial charge in [0.25, 0.3) is 11.5 Å². The SMILES string of the molecule is N#CC(C(=O)N1CCOCC1)=c1sc(=Cc2ccccn2)c(=O)n1Cc1ccccc1. The Labute approximate surface area is 182 Å². The highest BCUT2D eigenvalue weighted by Gasteiger charge is 2.23. The molecule has 1 aliphatic rings. The monoisotopic (exact) mass is 432 g/mol. The van der Waals surface area contributed by atoms with Crippen LogP contribution in [0.25, 0.3) is 11.6 Å². The molecule has 3 aromatic rings. The van der Waals surface area contributed by atoms with Crippen LogP contribution >= 0.6 is 11.3 Å². The number of amides is 1. The molecule has 7 nitrogen and oxygen atoms in total. The Morgan fingerprint density at radius 3 is 2.58 bits per heavy atom. The molecule has 0 radical (unpaired) electrons. The van der Waals surface area contributed by atoms with Crippen LogP contribution < -0.4 is 14.8 Å². The van der Waals surface area contributed by atoms with Gasteiger partial charge in [-0.15, -0.1) is 11.3 Å². The van der Waals surface area contributed by atoms with Crippen molar-refractivity contribution in [3.8, 4) is 6.07 Å². The van der Waals surface area contributed by atoms with Gasteiger partial charge >= 0.3 is 0 Å². The van der Waals surface area contributed by atoms with Crippen LogP contribution in [0.5, 0.6) is 0 Å². The Hall–Kier alpha value is -3.54. The molecule has 0 spiro atoms. The zero-order valence-corrected chi connectivity index (χ0v) is 17.5. The number of carbonyl (C=O) groups is 1. The van der Waals surface area contributed by atoms with Crippen LogP contribution in [0.4, 0.5) is 0 Å². The Morgan fingerprint density at radius 2 is 1.90 bits per heavy atom. The van der Waals surface area contributed by atoms with Gasteiger partial charge in [0.2, 0.25) is 0 Å². The minimum absolute atomic E-state index is 0.0272. The number of nitriles is 1. The first-order valence-corrected chi connectivity index (χ1v) is 10.7. The van der Waals surface area contributed by atoms with Crippen molar-refractivity contribution in [2.24, 2.45) is 0 Å². The maximum absolute atomic E-state index is 13.3. The van der Waals surface area contributed by atoms with E-state index in [1.165, 1.54) is 4.57 Å². The molecule has 0 unspecified atom stereocenters. The van der Waals surface area contributed by atoms with Gasteiger partial charge in [-0.1, -0.05) is 36.4 Å². The molecule has 0 bridgehead atoms. The molecular weight excluding hydrogens is 412 g/mol. The first-order chi connectivity index (χ1) is 15.2. The van der Waals surface area contributed by atoms with Crippen LogP contribution in [-0.4, -0.2) is 46.7 Å². The summed E-state index contributed by atoms with van der Waals surface area (Å²) in [4.78, 5) is 32.2. The minimum atomic E-state index is -0.377. The van der Waals surface area contributed by atoms with Gasteiger partial charge in [-0.2, -0.15) is 5.26 Å². The molecule has 0 N–H and O–H groups in total. The fourth-order valence-corrected chi connectivity index (χ4v) is 4.40. The molecule has 1 aromatic carbocycles. The van der Waals surface area contributed by atoms with E-state index >= 15 is 0 Å². The van der Waals surface area contributed by atoms with E-state index in [0.29, 0.717) is 41.2 Å². The number of aromatic nitrogens is 2. The van der Waals surface area contributed by atoms with E-state index in [0.717, 1.165) is 16.9 Å². The zero-order valence-electron chi connectivity index (χ0n) is 16.7. The minimum Gasteiger partial charge on any atom is -0.378 e. The molecule has 156 valence electrons. The third-order valence-corrected chi connectivity index (χ3v) is 6.03. The number of hydrogen-bond acceptors (Lipinski definition) is 6. The number of hydrogen-bond donors (Lipinski definition) is 0. The van der Waals surface area contributed by atoms with Crippen molar-refractivity contribution in [2.75, 3.05) is 26.3 Å². The van der Waals surface area contributed by atoms with Crippen molar-refractivity contribution in [3.63, 3.8) is 0 Å². The van der Waals surface area contributed by atoms with Crippen molar-refractivity contribution in [2.45, 2.75) is 6.54 Å². The van der Waals surface area contributed by atoms with Crippen molar-refractivity contribution >= 4 is 28.9 Å². The van der Waals surface area contributed by atoms with Crippen molar-refractivity contribution < 1.29 is 9.53 Å². The third-order valence-electron chi connectivity index (χ3n) is 4.90. The number of ether oxygens (including phenoxy) is 1. The topological polar surface area (TPSA) is 88.2 Å². The van der Waals surface area contributed by atoms with E-state index in [9.17, 15) is 14.9 Å². The fourth-order valence-electron chi connectivity index (χ4n) is 3.32. The Balaban J connectivity index is 1.90. The molecule has 1 aliphatic heterocycles. The van der Waals surface area contributed by atoms with E-state index in [1.54, 1.807) is 29.3 Å². The van der Waals surface area contributed by atoms with Gasteiger partial charge < -0.3 is 9.64 Å². The number of carbonyl (C=O) groups excluding carboxylic acids is 1. The van der Waals surface area contributed by atoms with Gasteiger partial charge in [-0.05, 0) is 23.8 Å². The van der Waals surface area contributed by atoms with Gasteiger partial charge in [-0.25, -0.2) is 0 Å². The second-order valence-electron chi connectivity index (χ2n) is 6.94. The lowest BCUT2D eigenvalue weighted by Gasteiger charge is -2.26. The van der Waals surface area contributed by atoms with Crippen LogP contribution in [0.1, 0.15) is 11.3 Å². The number of nitrogens with zero attached hydrogens (tertiary/aromatic N) is 4. The van der Waals surface area contributed by atoms with Gasteiger partial charge in [0, 0.05) is 19.3 Å². The van der Waals surface area contributed by atoms with Gasteiger partial charge in [0.15, 0.2) is 5.57 Å². The Morgan fingerprint density at radius 1 is 1.16 bits per heavy atom. The molecule has 0 aliphatic carbocycles. The lowest BCUT2D eigenvalue weighted by Crippen LogP contribution is -2.43. The highest BCUT2D eigenvalue weighted by molar-refractivity contribution is 7.07. The summed E-state index contributed by atoms with van der Waals surface area (Å²) in [5.74, 6) is -0.377. The van der Waals surface area contributed by atoms with Crippen LogP contribution in [-0.2, 0) is 16.1 Å². The predicted molar refractivity (Wildman–Crippen MR) is 118 cm³/mol. The fraction of sp³-hybridized carbons (Fsp3) is 0.217. The van der Waals surface area contributed by atoms with Crippen LogP contribution in [0, 0.1) is 11.3 Å². The summed E-state index contributed by atoms with van der Waals surface area (Å²) in [6, 6.07) is 17.0. The highest BCUT2D eigenvalue weighted by atomic mass is 32.1. The van der Waals surface area contributed by atoms with Crippen LogP contribution in [0.3, 0.4) is 0 Å². The molecule has 1 amide bonds. The van der Waals surface area contributed by atoms with Gasteiger partial charge in [-0.3, -0.25) is 19.1 Å². The van der Waals surface area contributed by atoms with E-state index in [1.807, 2.05) is 36.4 Å². The summed E-state index contributed by atoms with van der Waals surface area (Å²) in [5.41, 5.74) is 1.26. The van der Waals surface area contributed by atoms with E-state index in [2.05, 4.69) is 11.1 Å². The molecule has 0 saturated carbocycles. The smallest absolute Gasteiger partial charge is 0.269 e. The molecule has 0 atom stereocenters. The average Bonchev–Trinajstić information content (AvgIpc) is 3.11. The number of rotatable bonds is 4. The lowest BCUT2D eigenvalue weighted by molar-refractivity contribution is -0.128. The number of pyridine rings is 1. The molecule has 1 saturated heterocycles. The molecule has 4 rings (SSSR count). The summed E-state index contributed by atoms with van der Waals surface area (Å²) in [7, 11) is 0. The zero-order chi connectivity index (χ0) is 21.6. The molecule has 3 heterocycles. The van der Waals surface area contributed by atoms with Crippen LogP contribution in [0.15, 0.2) is 59.5 Å². The predicted octanol–water partition coefficient (Wildman–Crippen LogP) is 0.715. The molecular formula is C23H20N4O3S. The maximum atomic E-state index is 13.3. The number of morpholine rings is 1. The summed E-state index contributed by atoms with van der Waals surface area (Å²) < 4.78 is 7.60. The quantitative estimate of drug-likeness (QED) is 0.606. The van der Waals surface area contributed by atoms with Gasteiger partial charge in [0.1, 0.15) is 10.7 Å². The summed E-state index contributed by atoms with van der Waals surface area (Å²) >= 11 is 1.14. The lowest BCUT2D eigenvalue weighted by atomic mass is 10.2. The second kappa shape index (κ2) is 9.51. The molecule has 31 heavy (non-hydrogen) atoms. The van der Waals surface area contributed by atoms with E-state index < -0.39 is 0 Å². The summed E-state index contributed by atoms with van der Waals surface area (Å²) in [5, 5.41) is 9.86. The molecule has 1 fully saturated rings. The second-order valence-corrected chi connectivity index (χ2v) is 7.97. The summed E-state index contributed by atoms with van der Waals surface area (Å²) in [6.07, 6.45) is 3.34. The van der Waals surface area contributed by atoms with E-state index in [-0.39, 0.29) is 23.6 Å². The van der Waals surface area contributed by atoms with Crippen molar-refractivity contribution in [1.82, 2.24) is 14.5 Å². The Kier molecular flexibility index (Phi) is 6.36. The number of thiazole rings is 1. The normalized spacial score (nSPS) is 15.5.